The first kappa shape index (κ1) is 19.1. The van der Waals surface area contributed by atoms with Gasteiger partial charge in [-0.25, -0.2) is 0 Å². The molecular weight excluding hydrogens is 462 g/mol. The number of H-pyrrole nitrogens is 1. The third kappa shape index (κ3) is 3.15. The van der Waals surface area contributed by atoms with Crippen LogP contribution in [-0.4, -0.2) is 16.1 Å². The van der Waals surface area contributed by atoms with Crippen LogP contribution >= 0.6 is 27.5 Å². The Morgan fingerprint density at radius 1 is 0.967 bits per heavy atom. The van der Waals surface area contributed by atoms with E-state index >= 15 is 0 Å². The second kappa shape index (κ2) is 7.42. The predicted octanol–water partition coefficient (Wildman–Crippen LogP) is 6.55. The van der Waals surface area contributed by atoms with Gasteiger partial charge in [0.05, 0.1) is 11.7 Å². The van der Waals surface area contributed by atoms with Gasteiger partial charge in [0, 0.05) is 26.3 Å². The van der Waals surface area contributed by atoms with Gasteiger partial charge in [0.1, 0.15) is 5.69 Å². The van der Waals surface area contributed by atoms with Crippen LogP contribution in [0.3, 0.4) is 0 Å². The molecule has 30 heavy (non-hydrogen) atoms. The Morgan fingerprint density at radius 2 is 1.63 bits per heavy atom. The maximum atomic E-state index is 13.4. The molecule has 6 heteroatoms. The van der Waals surface area contributed by atoms with E-state index in [9.17, 15) is 4.79 Å². The second-order valence-corrected chi connectivity index (χ2v) is 8.68. The Balaban J connectivity index is 1.71. The molecule has 0 aliphatic carbocycles. The molecule has 1 N–H and O–H groups in total. The van der Waals surface area contributed by atoms with Gasteiger partial charge in [0.25, 0.3) is 5.91 Å². The second-order valence-electron chi connectivity index (χ2n) is 7.33. The van der Waals surface area contributed by atoms with Crippen molar-refractivity contribution in [3.63, 3.8) is 0 Å². The lowest BCUT2D eigenvalue weighted by Gasteiger charge is -2.26. The van der Waals surface area contributed by atoms with Crippen molar-refractivity contribution >= 4 is 39.1 Å². The van der Waals surface area contributed by atoms with E-state index in [1.165, 1.54) is 5.56 Å². The standard InChI is InChI=1S/C24H17BrClN3O/c1-14-2-4-16(5-3-14)23-20-21(15-6-8-17(25)9-7-15)27-28-22(20)24(30)29(23)19-12-10-18(26)11-13-19/h2-13,23H,1H3,(H,27,28)/t23-/m1/s1. The van der Waals surface area contributed by atoms with E-state index in [-0.39, 0.29) is 11.9 Å². The van der Waals surface area contributed by atoms with Gasteiger partial charge < -0.3 is 0 Å². The molecule has 0 bridgehead atoms. The Kier molecular flexibility index (Phi) is 4.72. The number of hydrogen-bond donors (Lipinski definition) is 1. The molecule has 5 rings (SSSR count). The van der Waals surface area contributed by atoms with E-state index in [0.717, 1.165) is 32.5 Å². The Labute approximate surface area is 187 Å². The molecule has 0 unspecified atom stereocenters. The lowest BCUT2D eigenvalue weighted by molar-refractivity contribution is 0.0989. The van der Waals surface area contributed by atoms with Gasteiger partial charge in [-0.3, -0.25) is 14.8 Å². The average molecular weight is 479 g/mol. The van der Waals surface area contributed by atoms with Crippen molar-refractivity contribution in [1.29, 1.82) is 0 Å². The SMILES string of the molecule is Cc1ccc([C@@H]2c3c(-c4ccc(Br)cc4)n[nH]c3C(=O)N2c2ccc(Cl)cc2)cc1. The molecule has 1 aliphatic rings. The number of aromatic amines is 1. The number of nitrogens with zero attached hydrogens (tertiary/aromatic N) is 2. The molecule has 0 saturated carbocycles. The summed E-state index contributed by atoms with van der Waals surface area (Å²) in [5.41, 5.74) is 6.14. The molecule has 148 valence electrons. The van der Waals surface area contributed by atoms with E-state index in [4.69, 9.17) is 11.6 Å². The molecule has 1 amide bonds. The zero-order chi connectivity index (χ0) is 20.8. The molecular formula is C24H17BrClN3O. The van der Waals surface area contributed by atoms with Crippen molar-refractivity contribution in [2.24, 2.45) is 0 Å². The minimum Gasteiger partial charge on any atom is -0.295 e. The van der Waals surface area contributed by atoms with Crippen LogP contribution in [0.1, 0.15) is 33.2 Å². The molecule has 4 nitrogen and oxygen atoms in total. The van der Waals surface area contributed by atoms with Crippen LogP contribution < -0.4 is 4.90 Å². The fourth-order valence-electron chi connectivity index (χ4n) is 3.91. The molecule has 1 aliphatic heterocycles. The fraction of sp³-hybridized carbons (Fsp3) is 0.0833. The first-order chi connectivity index (χ1) is 14.5. The number of amides is 1. The predicted molar refractivity (Wildman–Crippen MR) is 123 cm³/mol. The van der Waals surface area contributed by atoms with Gasteiger partial charge in [-0.2, -0.15) is 5.10 Å². The summed E-state index contributed by atoms with van der Waals surface area (Å²) in [4.78, 5) is 15.3. The van der Waals surface area contributed by atoms with E-state index in [2.05, 4.69) is 57.3 Å². The Morgan fingerprint density at radius 3 is 2.30 bits per heavy atom. The largest absolute Gasteiger partial charge is 0.295 e. The van der Waals surface area contributed by atoms with Crippen LogP contribution in [0.25, 0.3) is 11.3 Å². The number of nitrogens with one attached hydrogen (secondary N) is 1. The first-order valence-electron chi connectivity index (χ1n) is 9.53. The molecule has 4 aromatic rings. The highest BCUT2D eigenvalue weighted by atomic mass is 79.9. The number of aryl methyl sites for hydroxylation is 1. The summed E-state index contributed by atoms with van der Waals surface area (Å²) < 4.78 is 0.993. The summed E-state index contributed by atoms with van der Waals surface area (Å²) >= 11 is 9.57. The van der Waals surface area contributed by atoms with Gasteiger partial charge in [0.15, 0.2) is 0 Å². The topological polar surface area (TPSA) is 49.0 Å². The lowest BCUT2D eigenvalue weighted by atomic mass is 9.95. The Bertz CT molecular complexity index is 1230. The molecule has 2 heterocycles. The number of hydrogen-bond acceptors (Lipinski definition) is 2. The minimum atomic E-state index is -0.285. The quantitative estimate of drug-likeness (QED) is 0.363. The number of anilines is 1. The zero-order valence-corrected chi connectivity index (χ0v) is 18.4. The van der Waals surface area contributed by atoms with E-state index < -0.39 is 0 Å². The summed E-state index contributed by atoms with van der Waals surface area (Å²) in [6, 6.07) is 23.3. The fourth-order valence-corrected chi connectivity index (χ4v) is 4.30. The molecule has 0 spiro atoms. The van der Waals surface area contributed by atoms with E-state index in [1.54, 1.807) is 12.1 Å². The molecule has 1 aromatic heterocycles. The smallest absolute Gasteiger partial charge is 0.277 e. The highest BCUT2D eigenvalue weighted by Gasteiger charge is 2.43. The zero-order valence-electron chi connectivity index (χ0n) is 16.1. The average Bonchev–Trinajstić information content (AvgIpc) is 3.29. The summed E-state index contributed by atoms with van der Waals surface area (Å²) in [7, 11) is 0. The molecule has 3 aromatic carbocycles. The van der Waals surface area contributed by atoms with Crippen LogP contribution in [0.15, 0.2) is 77.3 Å². The number of rotatable bonds is 3. The summed E-state index contributed by atoms with van der Waals surface area (Å²) in [5, 5.41) is 8.14. The summed E-state index contributed by atoms with van der Waals surface area (Å²) in [6.45, 7) is 2.05. The van der Waals surface area contributed by atoms with Crippen molar-refractivity contribution in [1.82, 2.24) is 10.2 Å². The molecule has 1 atom stereocenters. The highest BCUT2D eigenvalue weighted by Crippen LogP contribution is 2.45. The third-order valence-corrected chi connectivity index (χ3v) is 6.16. The first-order valence-corrected chi connectivity index (χ1v) is 10.7. The van der Waals surface area contributed by atoms with Crippen molar-refractivity contribution in [2.45, 2.75) is 13.0 Å². The molecule has 0 fully saturated rings. The normalized spacial score (nSPS) is 15.5. The van der Waals surface area contributed by atoms with Crippen molar-refractivity contribution in [3.8, 4) is 11.3 Å². The number of halogens is 2. The van der Waals surface area contributed by atoms with Gasteiger partial charge in [0.2, 0.25) is 0 Å². The number of aromatic nitrogens is 2. The van der Waals surface area contributed by atoms with Crippen LogP contribution in [0.4, 0.5) is 5.69 Å². The van der Waals surface area contributed by atoms with Crippen LogP contribution in [0.2, 0.25) is 5.02 Å². The summed E-state index contributed by atoms with van der Waals surface area (Å²) in [5.74, 6) is -0.103. The maximum Gasteiger partial charge on any atom is 0.277 e. The van der Waals surface area contributed by atoms with E-state index in [1.807, 2.05) is 41.3 Å². The maximum absolute atomic E-state index is 13.4. The monoisotopic (exact) mass is 477 g/mol. The van der Waals surface area contributed by atoms with E-state index in [0.29, 0.717) is 10.7 Å². The molecule has 0 radical (unpaired) electrons. The lowest BCUT2D eigenvalue weighted by Crippen LogP contribution is -2.29. The summed E-state index contributed by atoms with van der Waals surface area (Å²) in [6.07, 6.45) is 0. The minimum absolute atomic E-state index is 0.103. The van der Waals surface area contributed by atoms with Gasteiger partial charge in [-0.1, -0.05) is 69.5 Å². The van der Waals surface area contributed by atoms with Crippen molar-refractivity contribution < 1.29 is 4.79 Å². The van der Waals surface area contributed by atoms with Gasteiger partial charge >= 0.3 is 0 Å². The van der Waals surface area contributed by atoms with Gasteiger partial charge in [-0.15, -0.1) is 0 Å². The number of carbonyl (C=O) groups excluding carboxylic acids is 1. The van der Waals surface area contributed by atoms with Crippen molar-refractivity contribution in [2.75, 3.05) is 4.90 Å². The third-order valence-electron chi connectivity index (χ3n) is 5.38. The van der Waals surface area contributed by atoms with Crippen LogP contribution in [0, 0.1) is 6.92 Å². The van der Waals surface area contributed by atoms with Crippen LogP contribution in [0.5, 0.6) is 0 Å². The van der Waals surface area contributed by atoms with Crippen molar-refractivity contribution in [3.05, 3.63) is 105 Å². The molecule has 0 saturated heterocycles. The number of benzene rings is 3. The Hall–Kier alpha value is -2.89. The highest BCUT2D eigenvalue weighted by molar-refractivity contribution is 9.10. The number of carbonyl (C=O) groups is 1. The number of fused-ring (bicyclic) bond motifs is 1. The van der Waals surface area contributed by atoms with Gasteiger partial charge in [-0.05, 0) is 48.9 Å². The van der Waals surface area contributed by atoms with Crippen LogP contribution in [-0.2, 0) is 0 Å².